The van der Waals surface area contributed by atoms with Crippen molar-refractivity contribution in [3.63, 3.8) is 0 Å². The average molecular weight is 602 g/mol. The Balaban J connectivity index is 1.26. The Hall–Kier alpha value is -4.20. The van der Waals surface area contributed by atoms with E-state index in [1.54, 1.807) is 54.0 Å². The molecule has 10 nitrogen and oxygen atoms in total. The molecule has 7 rings (SSSR count). The quantitative estimate of drug-likeness (QED) is 0.284. The number of anilines is 2. The number of aromatic nitrogens is 4. The van der Waals surface area contributed by atoms with Gasteiger partial charge in [0.1, 0.15) is 16.8 Å². The Bertz CT molecular complexity index is 1760. The summed E-state index contributed by atoms with van der Waals surface area (Å²) in [6.07, 6.45) is 6.28. The zero-order valence-corrected chi connectivity index (χ0v) is 24.1. The minimum Gasteiger partial charge on any atom is -0.337 e. The van der Waals surface area contributed by atoms with Crippen LogP contribution in [0.4, 0.5) is 11.6 Å². The average Bonchev–Trinajstić information content (AvgIpc) is 3.25. The van der Waals surface area contributed by atoms with Gasteiger partial charge in [0.2, 0.25) is 5.95 Å². The molecule has 12 heteroatoms. The van der Waals surface area contributed by atoms with E-state index in [0.717, 1.165) is 24.8 Å². The van der Waals surface area contributed by atoms with Gasteiger partial charge in [-0.2, -0.15) is 10.2 Å². The zero-order valence-electron chi connectivity index (χ0n) is 22.6. The lowest BCUT2D eigenvalue weighted by molar-refractivity contribution is -0.123. The number of amides is 2. The first-order chi connectivity index (χ1) is 20.2. The van der Waals surface area contributed by atoms with Crippen molar-refractivity contribution in [2.24, 2.45) is 0 Å². The molecule has 212 valence electrons. The third kappa shape index (κ3) is 4.27. The maximum atomic E-state index is 14.3. The molecule has 0 bridgehead atoms. The molecule has 0 unspecified atom stereocenters. The number of nitrogens with one attached hydrogen (secondary N) is 1. The fourth-order valence-corrected chi connectivity index (χ4v) is 6.30. The summed E-state index contributed by atoms with van der Waals surface area (Å²) in [5.41, 5.74) is -0.00208. The highest BCUT2D eigenvalue weighted by Gasteiger charge is 2.54. The number of benzene rings is 2. The Morgan fingerprint density at radius 2 is 1.88 bits per heavy atom. The molecule has 42 heavy (non-hydrogen) atoms. The molecule has 2 aromatic heterocycles. The Labute approximate surface area is 251 Å². The molecule has 0 spiro atoms. The van der Waals surface area contributed by atoms with E-state index in [-0.39, 0.29) is 24.0 Å². The molecule has 0 radical (unpaired) electrons. The maximum absolute atomic E-state index is 14.3. The number of carbonyl (C=O) groups excluding carboxylic acids is 2. The van der Waals surface area contributed by atoms with Crippen LogP contribution in [0.5, 0.6) is 0 Å². The van der Waals surface area contributed by atoms with Gasteiger partial charge in [-0.1, -0.05) is 46.9 Å². The first-order valence-electron chi connectivity index (χ1n) is 13.8. The lowest BCUT2D eigenvalue weighted by Gasteiger charge is -2.27. The zero-order chi connectivity index (χ0) is 29.2. The number of nitrogens with zero attached hydrogens (tertiary/aromatic N) is 6. The van der Waals surface area contributed by atoms with Gasteiger partial charge >= 0.3 is 0 Å². The Morgan fingerprint density at radius 1 is 1.17 bits per heavy atom. The number of fused-ring (bicyclic) bond motifs is 1. The second-order valence-corrected chi connectivity index (χ2v) is 12.3. The van der Waals surface area contributed by atoms with Crippen molar-refractivity contribution in [2.75, 3.05) is 4.90 Å². The predicted octanol–water partition coefficient (Wildman–Crippen LogP) is 5.77. The summed E-state index contributed by atoms with van der Waals surface area (Å²) < 4.78 is 7.27. The van der Waals surface area contributed by atoms with Gasteiger partial charge in [-0.3, -0.25) is 14.2 Å². The molecular formula is C30H25Cl2N7O3. The van der Waals surface area contributed by atoms with E-state index in [0.29, 0.717) is 51.8 Å². The first-order valence-corrected chi connectivity index (χ1v) is 14.5. The van der Waals surface area contributed by atoms with Crippen LogP contribution in [0.25, 0.3) is 0 Å². The van der Waals surface area contributed by atoms with E-state index < -0.39 is 17.0 Å². The van der Waals surface area contributed by atoms with Crippen molar-refractivity contribution < 1.29 is 14.1 Å². The highest BCUT2D eigenvalue weighted by molar-refractivity contribution is 6.35. The van der Waals surface area contributed by atoms with Crippen molar-refractivity contribution >= 4 is 46.7 Å². The highest BCUT2D eigenvalue weighted by Crippen LogP contribution is 2.47. The first kappa shape index (κ1) is 26.7. The van der Waals surface area contributed by atoms with Crippen LogP contribution in [0.2, 0.25) is 10.0 Å². The van der Waals surface area contributed by atoms with Gasteiger partial charge in [0, 0.05) is 22.4 Å². The molecule has 3 heterocycles. The molecule has 2 aliphatic carbocycles. The minimum absolute atomic E-state index is 0.218. The monoisotopic (exact) mass is 601 g/mol. The normalized spacial score (nSPS) is 20.6. The molecule has 2 amide bonds. The van der Waals surface area contributed by atoms with Crippen molar-refractivity contribution in [3.8, 4) is 6.07 Å². The molecular weight excluding hydrogens is 577 g/mol. The molecule has 1 N–H and O–H groups in total. The number of carbonyl (C=O) groups is 2. The molecule has 4 aromatic rings. The van der Waals surface area contributed by atoms with Crippen LogP contribution in [0.3, 0.4) is 0 Å². The minimum atomic E-state index is -1.24. The van der Waals surface area contributed by atoms with Gasteiger partial charge < -0.3 is 9.84 Å². The lowest BCUT2D eigenvalue weighted by atomic mass is 9.85. The van der Waals surface area contributed by atoms with Crippen molar-refractivity contribution in [1.29, 1.82) is 5.26 Å². The van der Waals surface area contributed by atoms with Crippen LogP contribution in [-0.2, 0) is 22.3 Å². The van der Waals surface area contributed by atoms with Crippen LogP contribution in [0, 0.1) is 11.3 Å². The second kappa shape index (κ2) is 9.68. The molecule has 2 saturated carbocycles. The molecule has 2 aromatic carbocycles. The molecule has 2 fully saturated rings. The highest BCUT2D eigenvalue weighted by atomic mass is 35.5. The van der Waals surface area contributed by atoms with E-state index in [1.165, 1.54) is 11.1 Å². The SMILES string of the molecule is C[C@@]1(Cc2ccc(C#N)cc2)C(=O)N(c2cc(Cl)cc(Cl)c2)c2ncc(C(=O)NC3(c4nc(C5CCC5)no4)CC3)n21. The van der Waals surface area contributed by atoms with Crippen LogP contribution < -0.4 is 10.2 Å². The van der Waals surface area contributed by atoms with E-state index >= 15 is 0 Å². The summed E-state index contributed by atoms with van der Waals surface area (Å²) in [5.74, 6) is 0.982. The predicted molar refractivity (Wildman–Crippen MR) is 154 cm³/mol. The largest absolute Gasteiger partial charge is 0.337 e. The van der Waals surface area contributed by atoms with Gasteiger partial charge in [-0.15, -0.1) is 0 Å². The summed E-state index contributed by atoms with van der Waals surface area (Å²) in [4.78, 5) is 38.8. The van der Waals surface area contributed by atoms with Crippen LogP contribution in [-0.4, -0.2) is 31.5 Å². The maximum Gasteiger partial charge on any atom is 0.270 e. The summed E-state index contributed by atoms with van der Waals surface area (Å²) >= 11 is 12.6. The number of nitriles is 1. The molecule has 1 atom stereocenters. The van der Waals surface area contributed by atoms with Gasteiger partial charge in [-0.05, 0) is 68.5 Å². The van der Waals surface area contributed by atoms with Gasteiger partial charge in [-0.25, -0.2) is 9.88 Å². The van der Waals surface area contributed by atoms with E-state index in [2.05, 4.69) is 26.5 Å². The van der Waals surface area contributed by atoms with Gasteiger partial charge in [0.05, 0.1) is 23.5 Å². The third-order valence-corrected chi connectivity index (χ3v) is 8.93. The van der Waals surface area contributed by atoms with Crippen molar-refractivity contribution in [2.45, 2.75) is 62.4 Å². The van der Waals surface area contributed by atoms with E-state index in [9.17, 15) is 14.9 Å². The van der Waals surface area contributed by atoms with Crippen LogP contribution in [0.15, 0.2) is 53.2 Å². The number of hydrogen-bond acceptors (Lipinski definition) is 7. The Kier molecular flexibility index (Phi) is 6.15. The summed E-state index contributed by atoms with van der Waals surface area (Å²) in [6, 6.07) is 14.0. The topological polar surface area (TPSA) is 130 Å². The summed E-state index contributed by atoms with van der Waals surface area (Å²) in [7, 11) is 0. The lowest BCUT2D eigenvalue weighted by Crippen LogP contribution is -2.44. The smallest absolute Gasteiger partial charge is 0.270 e. The van der Waals surface area contributed by atoms with E-state index in [4.69, 9.17) is 27.7 Å². The summed E-state index contributed by atoms with van der Waals surface area (Å²) in [5, 5.41) is 17.2. The van der Waals surface area contributed by atoms with Crippen LogP contribution >= 0.6 is 23.2 Å². The number of halogens is 2. The number of imidazole rings is 1. The number of rotatable bonds is 7. The van der Waals surface area contributed by atoms with Gasteiger partial charge in [0.25, 0.3) is 17.7 Å². The number of hydrogen-bond donors (Lipinski definition) is 1. The van der Waals surface area contributed by atoms with Gasteiger partial charge in [0.15, 0.2) is 5.82 Å². The molecule has 0 saturated heterocycles. The van der Waals surface area contributed by atoms with Crippen molar-refractivity contribution in [3.05, 3.63) is 87.2 Å². The fourth-order valence-electron chi connectivity index (χ4n) is 5.78. The van der Waals surface area contributed by atoms with Crippen molar-refractivity contribution in [1.82, 2.24) is 25.0 Å². The molecule has 1 aliphatic heterocycles. The second-order valence-electron chi connectivity index (χ2n) is 11.4. The fraction of sp³-hybridized carbons (Fsp3) is 0.333. The van der Waals surface area contributed by atoms with E-state index in [1.807, 2.05) is 0 Å². The molecule has 3 aliphatic rings. The van der Waals surface area contributed by atoms with Crippen LogP contribution in [0.1, 0.15) is 78.3 Å². The Morgan fingerprint density at radius 3 is 2.50 bits per heavy atom. The summed E-state index contributed by atoms with van der Waals surface area (Å²) in [6.45, 7) is 1.78. The third-order valence-electron chi connectivity index (χ3n) is 8.49. The standard InChI is InChI=1S/C30H25Cl2N7O3/c1-29(14-17-5-7-18(15-33)8-6-17)27(41)38(22-12-20(31)11-21(32)13-22)28-34-16-23(39(28)29)25(40)36-30(9-10-30)26-35-24(37-42-26)19-3-2-4-19/h5-8,11-13,16,19H,2-4,9-10,14H2,1H3,(H,36,40)/t29-/m1/s1.